The van der Waals surface area contributed by atoms with Crippen molar-refractivity contribution >= 4 is 13.2 Å². The molecule has 0 atom stereocenters. The van der Waals surface area contributed by atoms with Crippen LogP contribution in [-0.2, 0) is 0 Å². The van der Waals surface area contributed by atoms with Crippen LogP contribution in [0.3, 0.4) is 0 Å². The van der Waals surface area contributed by atoms with Crippen molar-refractivity contribution in [3.8, 4) is 17.2 Å². The van der Waals surface area contributed by atoms with E-state index in [1.54, 1.807) is 21.3 Å². The molecule has 0 radical (unpaired) electrons. The van der Waals surface area contributed by atoms with Gasteiger partial charge in [0.25, 0.3) is 0 Å². The van der Waals surface area contributed by atoms with E-state index in [1.807, 2.05) is 12.1 Å². The number of methoxy groups -OCH3 is 3. The van der Waals surface area contributed by atoms with E-state index in [4.69, 9.17) is 14.2 Å². The van der Waals surface area contributed by atoms with Gasteiger partial charge in [-0.25, -0.2) is 0 Å². The van der Waals surface area contributed by atoms with Gasteiger partial charge in [0, 0.05) is 12.1 Å². The smallest absolute Gasteiger partial charge is 0.133 e. The Bertz CT molecular complexity index is 509. The Morgan fingerprint density at radius 1 is 0.760 bits per heavy atom. The highest BCUT2D eigenvalue weighted by Crippen LogP contribution is 2.64. The minimum absolute atomic E-state index is 0.192. The molecule has 4 heteroatoms. The van der Waals surface area contributed by atoms with Gasteiger partial charge < -0.3 is 14.2 Å². The summed E-state index contributed by atoms with van der Waals surface area (Å²) >= 11 is 0. The van der Waals surface area contributed by atoms with Crippen molar-refractivity contribution in [1.82, 2.24) is 0 Å². The lowest BCUT2D eigenvalue weighted by atomic mass is 10.1. The Morgan fingerprint density at radius 3 is 1.44 bits per heavy atom. The first-order chi connectivity index (χ1) is 11.7. The number of hydrogen-bond donors (Lipinski definition) is 0. The molecule has 0 fully saturated rings. The molecule has 0 N–H and O–H groups in total. The van der Waals surface area contributed by atoms with Crippen LogP contribution >= 0.6 is 7.92 Å². The molecule has 0 aliphatic carbocycles. The van der Waals surface area contributed by atoms with Gasteiger partial charge in [0.15, 0.2) is 0 Å². The summed E-state index contributed by atoms with van der Waals surface area (Å²) in [7, 11) is 4.63. The highest BCUT2D eigenvalue weighted by atomic mass is 31.1. The van der Waals surface area contributed by atoms with Crippen molar-refractivity contribution in [2.24, 2.45) is 0 Å². The van der Waals surface area contributed by atoms with Crippen LogP contribution in [0.2, 0.25) is 0 Å². The molecule has 0 amide bonds. The molecule has 3 nitrogen and oxygen atoms in total. The summed E-state index contributed by atoms with van der Waals surface area (Å²) in [5, 5.41) is 1.62. The second-order valence-electron chi connectivity index (χ2n) is 7.84. The van der Waals surface area contributed by atoms with Crippen molar-refractivity contribution in [2.75, 3.05) is 21.3 Å². The van der Waals surface area contributed by atoms with Gasteiger partial charge in [-0.3, -0.25) is 0 Å². The number of hydrogen-bond acceptors (Lipinski definition) is 3. The van der Waals surface area contributed by atoms with E-state index in [1.165, 1.54) is 31.0 Å². The normalized spacial score (nSPS) is 12.4. The summed E-state index contributed by atoms with van der Waals surface area (Å²) in [5.41, 5.74) is 0. The highest BCUT2D eigenvalue weighted by Gasteiger charge is 2.43. The van der Waals surface area contributed by atoms with Crippen molar-refractivity contribution < 1.29 is 14.2 Å². The molecule has 1 rings (SSSR count). The molecule has 144 valence electrons. The third-order valence-electron chi connectivity index (χ3n) is 4.85. The second-order valence-corrected chi connectivity index (χ2v) is 11.4. The van der Waals surface area contributed by atoms with Crippen molar-refractivity contribution in [3.63, 3.8) is 0 Å². The summed E-state index contributed by atoms with van der Waals surface area (Å²) < 4.78 is 17.1. The van der Waals surface area contributed by atoms with Gasteiger partial charge in [-0.1, -0.05) is 62.3 Å². The Kier molecular flexibility index (Phi) is 8.06. The summed E-state index contributed by atoms with van der Waals surface area (Å²) in [6.45, 7) is 14.2. The van der Waals surface area contributed by atoms with E-state index in [9.17, 15) is 0 Å². The highest BCUT2D eigenvalue weighted by molar-refractivity contribution is 7.69. The van der Waals surface area contributed by atoms with Crippen molar-refractivity contribution in [1.29, 1.82) is 0 Å². The van der Waals surface area contributed by atoms with Gasteiger partial charge >= 0.3 is 0 Å². The first-order valence-electron chi connectivity index (χ1n) is 9.28. The molecule has 25 heavy (non-hydrogen) atoms. The lowest BCUT2D eigenvalue weighted by Crippen LogP contribution is -2.36. The maximum absolute atomic E-state index is 5.81. The number of rotatable bonds is 10. The summed E-state index contributed by atoms with van der Waals surface area (Å²) in [6.07, 6.45) is 4.72. The maximum atomic E-state index is 5.81. The van der Waals surface area contributed by atoms with E-state index in [-0.39, 0.29) is 10.3 Å². The van der Waals surface area contributed by atoms with E-state index in [0.29, 0.717) is 0 Å². The molecule has 0 saturated heterocycles. The van der Waals surface area contributed by atoms with Crippen LogP contribution < -0.4 is 19.5 Å². The Labute approximate surface area is 156 Å². The third-order valence-corrected chi connectivity index (χ3v) is 8.60. The van der Waals surface area contributed by atoms with E-state index < -0.39 is 7.92 Å². The molecular formula is C21H37O3P. The number of benzene rings is 1. The van der Waals surface area contributed by atoms with Gasteiger partial charge in [0.05, 0.1) is 26.6 Å². The lowest BCUT2D eigenvalue weighted by molar-refractivity contribution is 0.379. The third kappa shape index (κ3) is 5.03. The Morgan fingerprint density at radius 2 is 1.16 bits per heavy atom. The molecule has 0 spiro atoms. The monoisotopic (exact) mass is 368 g/mol. The quantitative estimate of drug-likeness (QED) is 0.476. The van der Waals surface area contributed by atoms with E-state index in [2.05, 4.69) is 41.5 Å². The first kappa shape index (κ1) is 22.1. The molecule has 0 aliphatic rings. The molecule has 0 bridgehead atoms. The SMILES string of the molecule is CCCC(C)(C)P(c1c(OC)cc(OC)cc1OC)C(C)(C)CCC. The van der Waals surface area contributed by atoms with Crippen LogP contribution in [0.25, 0.3) is 0 Å². The summed E-state index contributed by atoms with van der Waals surface area (Å²) in [6, 6.07) is 3.99. The molecule has 0 saturated carbocycles. The fraction of sp³-hybridized carbons (Fsp3) is 0.714. The lowest BCUT2D eigenvalue weighted by Gasteiger charge is -2.46. The minimum atomic E-state index is -0.530. The van der Waals surface area contributed by atoms with E-state index >= 15 is 0 Å². The zero-order valence-electron chi connectivity index (χ0n) is 17.7. The molecule has 0 aliphatic heterocycles. The molecule has 0 unspecified atom stereocenters. The van der Waals surface area contributed by atoms with Crippen LogP contribution in [0, 0.1) is 0 Å². The summed E-state index contributed by atoms with van der Waals surface area (Å²) in [5.74, 6) is 2.54. The van der Waals surface area contributed by atoms with Crippen molar-refractivity contribution in [3.05, 3.63) is 12.1 Å². The molecule has 1 aromatic carbocycles. The maximum Gasteiger partial charge on any atom is 0.133 e. The average molecular weight is 368 g/mol. The molecule has 1 aromatic rings. The Hall–Kier alpha value is -0.950. The zero-order chi connectivity index (χ0) is 19.3. The predicted molar refractivity (Wildman–Crippen MR) is 111 cm³/mol. The Balaban J connectivity index is 3.70. The second kappa shape index (κ2) is 9.12. The standard InChI is InChI=1S/C21H37O3P/c1-10-12-20(3,4)25(21(5,6)13-11-2)19-17(23-8)14-16(22-7)15-18(19)24-9/h14-15H,10-13H2,1-9H3. The predicted octanol–water partition coefficient (Wildman–Crippen LogP) is 5.98. The first-order valence-corrected chi connectivity index (χ1v) is 10.6. The molecule has 0 heterocycles. The van der Waals surface area contributed by atoms with E-state index in [0.717, 1.165) is 17.2 Å². The van der Waals surface area contributed by atoms with Crippen LogP contribution in [0.1, 0.15) is 67.2 Å². The number of ether oxygens (including phenoxy) is 3. The molecular weight excluding hydrogens is 331 g/mol. The topological polar surface area (TPSA) is 27.7 Å². The fourth-order valence-corrected chi connectivity index (χ4v) is 8.58. The minimum Gasteiger partial charge on any atom is -0.496 e. The zero-order valence-corrected chi connectivity index (χ0v) is 18.5. The van der Waals surface area contributed by atoms with Crippen LogP contribution in [0.15, 0.2) is 12.1 Å². The van der Waals surface area contributed by atoms with Crippen LogP contribution in [0.5, 0.6) is 17.2 Å². The van der Waals surface area contributed by atoms with Gasteiger partial charge in [-0.05, 0) is 23.2 Å². The van der Waals surface area contributed by atoms with Crippen molar-refractivity contribution in [2.45, 2.75) is 77.5 Å². The van der Waals surface area contributed by atoms with Crippen LogP contribution in [-0.4, -0.2) is 31.6 Å². The summed E-state index contributed by atoms with van der Waals surface area (Å²) in [4.78, 5) is 0. The van der Waals surface area contributed by atoms with Gasteiger partial charge in [0.2, 0.25) is 0 Å². The molecule has 0 aromatic heterocycles. The van der Waals surface area contributed by atoms with Gasteiger partial charge in [-0.15, -0.1) is 0 Å². The van der Waals surface area contributed by atoms with Crippen LogP contribution in [0.4, 0.5) is 0 Å². The van der Waals surface area contributed by atoms with Gasteiger partial charge in [-0.2, -0.15) is 0 Å². The fourth-order valence-electron chi connectivity index (χ4n) is 4.08. The largest absolute Gasteiger partial charge is 0.496 e. The van der Waals surface area contributed by atoms with Gasteiger partial charge in [0.1, 0.15) is 17.2 Å². The average Bonchev–Trinajstić information content (AvgIpc) is 2.54.